The monoisotopic (exact) mass is 459 g/mol. The summed E-state index contributed by atoms with van der Waals surface area (Å²) in [7, 11) is 0. The molecule has 3 amide bonds. The number of hydrogen-bond donors (Lipinski definition) is 0. The summed E-state index contributed by atoms with van der Waals surface area (Å²) in [6.45, 7) is 2.97. The molecule has 5 rings (SSSR count). The maximum absolute atomic E-state index is 13.0. The summed E-state index contributed by atoms with van der Waals surface area (Å²) in [4.78, 5) is 43.5. The van der Waals surface area contributed by atoms with E-state index in [0.717, 1.165) is 24.3 Å². The summed E-state index contributed by atoms with van der Waals surface area (Å²) in [5, 5.41) is 0.707. The Balaban J connectivity index is 1.20. The lowest BCUT2D eigenvalue weighted by Crippen LogP contribution is -2.48. The van der Waals surface area contributed by atoms with Crippen LogP contribution in [0.15, 0.2) is 72.8 Å². The molecule has 166 valence electrons. The predicted molar refractivity (Wildman–Crippen MR) is 127 cm³/mol. The minimum absolute atomic E-state index is 0.0157. The number of hydrogen-bond acceptors (Lipinski definition) is 4. The van der Waals surface area contributed by atoms with E-state index in [2.05, 4.69) is 4.90 Å². The highest BCUT2D eigenvalue weighted by molar-refractivity contribution is 6.30. The van der Waals surface area contributed by atoms with Crippen LogP contribution in [0.1, 0.15) is 36.6 Å². The highest BCUT2D eigenvalue weighted by Crippen LogP contribution is 2.25. The van der Waals surface area contributed by atoms with Crippen LogP contribution in [0, 0.1) is 0 Å². The number of anilines is 1. The molecule has 0 radical (unpaired) electrons. The maximum Gasteiger partial charge on any atom is 0.261 e. The SMILES string of the molecule is O=C(c1ccc(CN2C(=O)c3ccccc3C2=O)cc1)N1CCN(c2ccc(Cl)cc2)CC1. The molecule has 2 aliphatic heterocycles. The lowest BCUT2D eigenvalue weighted by atomic mass is 10.1. The Kier molecular flexibility index (Phi) is 5.60. The molecular formula is C26H22ClN3O3. The second kappa shape index (κ2) is 8.71. The normalized spacial score (nSPS) is 15.7. The van der Waals surface area contributed by atoms with Gasteiger partial charge in [-0.15, -0.1) is 0 Å². The first-order chi connectivity index (χ1) is 16.0. The zero-order chi connectivity index (χ0) is 22.9. The van der Waals surface area contributed by atoms with E-state index in [0.29, 0.717) is 34.8 Å². The minimum atomic E-state index is -0.283. The van der Waals surface area contributed by atoms with Crippen molar-refractivity contribution in [3.63, 3.8) is 0 Å². The van der Waals surface area contributed by atoms with Crippen LogP contribution in [-0.2, 0) is 6.54 Å². The summed E-state index contributed by atoms with van der Waals surface area (Å²) in [6, 6.07) is 21.7. The largest absolute Gasteiger partial charge is 0.368 e. The van der Waals surface area contributed by atoms with Crippen LogP contribution in [0.2, 0.25) is 5.02 Å². The zero-order valence-corrected chi connectivity index (χ0v) is 18.7. The zero-order valence-electron chi connectivity index (χ0n) is 17.9. The van der Waals surface area contributed by atoms with E-state index in [4.69, 9.17) is 11.6 Å². The second-order valence-electron chi connectivity index (χ2n) is 8.19. The van der Waals surface area contributed by atoms with Gasteiger partial charge in [0, 0.05) is 42.5 Å². The van der Waals surface area contributed by atoms with E-state index in [1.807, 2.05) is 29.2 Å². The van der Waals surface area contributed by atoms with Gasteiger partial charge in [0.2, 0.25) is 0 Å². The van der Waals surface area contributed by atoms with E-state index < -0.39 is 0 Å². The molecule has 0 aliphatic carbocycles. The van der Waals surface area contributed by atoms with Gasteiger partial charge in [-0.25, -0.2) is 0 Å². The van der Waals surface area contributed by atoms with Crippen LogP contribution < -0.4 is 4.90 Å². The van der Waals surface area contributed by atoms with Gasteiger partial charge in [0.05, 0.1) is 17.7 Å². The Morgan fingerprint density at radius 1 is 0.758 bits per heavy atom. The smallest absolute Gasteiger partial charge is 0.261 e. The molecule has 7 heteroatoms. The van der Waals surface area contributed by atoms with Crippen LogP contribution in [0.25, 0.3) is 0 Å². The molecular weight excluding hydrogens is 438 g/mol. The van der Waals surface area contributed by atoms with Crippen LogP contribution in [0.4, 0.5) is 5.69 Å². The van der Waals surface area contributed by atoms with Gasteiger partial charge in [-0.3, -0.25) is 19.3 Å². The summed E-state index contributed by atoms with van der Waals surface area (Å²) < 4.78 is 0. The topological polar surface area (TPSA) is 60.9 Å². The Labute approximate surface area is 197 Å². The Hall–Kier alpha value is -3.64. The van der Waals surface area contributed by atoms with Crippen molar-refractivity contribution >= 4 is 35.0 Å². The van der Waals surface area contributed by atoms with E-state index in [1.165, 1.54) is 4.90 Å². The number of fused-ring (bicyclic) bond motifs is 1. The van der Waals surface area contributed by atoms with Crippen LogP contribution >= 0.6 is 11.6 Å². The van der Waals surface area contributed by atoms with Crippen molar-refractivity contribution in [3.05, 3.63) is 100 Å². The van der Waals surface area contributed by atoms with Crippen LogP contribution in [0.5, 0.6) is 0 Å². The number of rotatable bonds is 4. The maximum atomic E-state index is 13.0. The van der Waals surface area contributed by atoms with E-state index in [1.54, 1.807) is 48.5 Å². The van der Waals surface area contributed by atoms with E-state index >= 15 is 0 Å². The molecule has 0 N–H and O–H groups in total. The lowest BCUT2D eigenvalue weighted by Gasteiger charge is -2.36. The van der Waals surface area contributed by atoms with Crippen molar-refractivity contribution in [2.45, 2.75) is 6.54 Å². The van der Waals surface area contributed by atoms with Crippen molar-refractivity contribution in [1.29, 1.82) is 0 Å². The van der Waals surface area contributed by atoms with Crippen molar-refractivity contribution in [3.8, 4) is 0 Å². The van der Waals surface area contributed by atoms with Crippen molar-refractivity contribution in [2.75, 3.05) is 31.1 Å². The number of carbonyl (C=O) groups excluding carboxylic acids is 3. The average molecular weight is 460 g/mol. The molecule has 1 fully saturated rings. The molecule has 33 heavy (non-hydrogen) atoms. The average Bonchev–Trinajstić information content (AvgIpc) is 3.10. The molecule has 6 nitrogen and oxygen atoms in total. The molecule has 0 saturated carbocycles. The fourth-order valence-corrected chi connectivity index (χ4v) is 4.45. The fourth-order valence-electron chi connectivity index (χ4n) is 4.32. The van der Waals surface area contributed by atoms with E-state index in [-0.39, 0.29) is 24.3 Å². The molecule has 1 saturated heterocycles. The van der Waals surface area contributed by atoms with Gasteiger partial charge in [0.15, 0.2) is 0 Å². The molecule has 0 spiro atoms. The third-order valence-corrected chi connectivity index (χ3v) is 6.43. The number of benzene rings is 3. The summed E-state index contributed by atoms with van der Waals surface area (Å²) >= 11 is 5.97. The van der Waals surface area contributed by atoms with Gasteiger partial charge in [0.1, 0.15) is 0 Å². The summed E-state index contributed by atoms with van der Waals surface area (Å²) in [5.74, 6) is -0.582. The van der Waals surface area contributed by atoms with Gasteiger partial charge in [-0.1, -0.05) is 35.9 Å². The quantitative estimate of drug-likeness (QED) is 0.551. The molecule has 3 aromatic rings. The molecule has 0 aromatic heterocycles. The van der Waals surface area contributed by atoms with Crippen molar-refractivity contribution in [1.82, 2.24) is 9.80 Å². The highest BCUT2D eigenvalue weighted by atomic mass is 35.5. The van der Waals surface area contributed by atoms with Gasteiger partial charge in [0.25, 0.3) is 17.7 Å². The third-order valence-electron chi connectivity index (χ3n) is 6.18. The number of halogens is 1. The summed E-state index contributed by atoms with van der Waals surface area (Å²) in [6.07, 6.45) is 0. The predicted octanol–water partition coefficient (Wildman–Crippen LogP) is 4.10. The standard InChI is InChI=1S/C26H22ClN3O3/c27-20-9-11-21(12-10-20)28-13-15-29(16-14-28)24(31)19-7-5-18(6-8-19)17-30-25(32)22-3-1-2-4-23(22)26(30)33/h1-12H,13-17H2. The Morgan fingerprint density at radius 2 is 1.33 bits per heavy atom. The number of piperazine rings is 1. The van der Waals surface area contributed by atoms with Crippen LogP contribution in [-0.4, -0.2) is 53.7 Å². The molecule has 0 atom stereocenters. The number of nitrogens with zero attached hydrogens (tertiary/aromatic N) is 3. The fraction of sp³-hybridized carbons (Fsp3) is 0.192. The summed E-state index contributed by atoms with van der Waals surface area (Å²) in [5.41, 5.74) is 3.37. The van der Waals surface area contributed by atoms with Crippen molar-refractivity contribution < 1.29 is 14.4 Å². The van der Waals surface area contributed by atoms with Gasteiger partial charge in [-0.2, -0.15) is 0 Å². The molecule has 0 unspecified atom stereocenters. The highest BCUT2D eigenvalue weighted by Gasteiger charge is 2.35. The van der Waals surface area contributed by atoms with Crippen molar-refractivity contribution in [2.24, 2.45) is 0 Å². The first-order valence-corrected chi connectivity index (χ1v) is 11.2. The van der Waals surface area contributed by atoms with Gasteiger partial charge >= 0.3 is 0 Å². The second-order valence-corrected chi connectivity index (χ2v) is 8.63. The number of imide groups is 1. The third kappa shape index (κ3) is 4.10. The number of carbonyl (C=O) groups is 3. The van der Waals surface area contributed by atoms with Gasteiger partial charge < -0.3 is 9.80 Å². The number of amides is 3. The first kappa shape index (κ1) is 21.2. The molecule has 2 aliphatic rings. The van der Waals surface area contributed by atoms with Gasteiger partial charge in [-0.05, 0) is 54.1 Å². The van der Waals surface area contributed by atoms with Crippen LogP contribution in [0.3, 0.4) is 0 Å². The van der Waals surface area contributed by atoms with E-state index in [9.17, 15) is 14.4 Å². The molecule has 0 bridgehead atoms. The Bertz CT molecular complexity index is 1180. The lowest BCUT2D eigenvalue weighted by molar-refractivity contribution is 0.0640. The molecule has 3 aromatic carbocycles. The minimum Gasteiger partial charge on any atom is -0.368 e. The first-order valence-electron chi connectivity index (χ1n) is 10.9. The Morgan fingerprint density at radius 3 is 1.91 bits per heavy atom. The molecule has 2 heterocycles.